The minimum Gasteiger partial charge on any atom is -0.480 e. The maximum absolute atomic E-state index is 11.3. The predicted octanol–water partition coefficient (Wildman–Crippen LogP) is 2.21. The molecule has 0 fully saturated rings. The summed E-state index contributed by atoms with van der Waals surface area (Å²) in [5.74, 6) is -0.194. The van der Waals surface area contributed by atoms with Crippen LogP contribution >= 0.6 is 0 Å². The van der Waals surface area contributed by atoms with Crippen LogP contribution in [0, 0.1) is 13.8 Å². The summed E-state index contributed by atoms with van der Waals surface area (Å²) in [5, 5.41) is 16.2. The Balaban J connectivity index is 2.13. The zero-order valence-electron chi connectivity index (χ0n) is 10.9. The number of aliphatic carboxylic acids is 1. The van der Waals surface area contributed by atoms with E-state index in [4.69, 9.17) is 4.52 Å². The molecule has 1 heterocycles. The fourth-order valence-corrected chi connectivity index (χ4v) is 1.95. The van der Waals surface area contributed by atoms with Gasteiger partial charge in [0, 0.05) is 12.1 Å². The molecule has 19 heavy (non-hydrogen) atoms. The first-order valence-corrected chi connectivity index (χ1v) is 6.02. The van der Waals surface area contributed by atoms with Crippen molar-refractivity contribution >= 4 is 5.97 Å². The largest absolute Gasteiger partial charge is 0.480 e. The zero-order chi connectivity index (χ0) is 13.8. The van der Waals surface area contributed by atoms with Crippen molar-refractivity contribution in [1.29, 1.82) is 0 Å². The van der Waals surface area contributed by atoms with E-state index in [2.05, 4.69) is 10.5 Å². The second-order valence-corrected chi connectivity index (χ2v) is 4.37. The predicted molar refractivity (Wildman–Crippen MR) is 69.6 cm³/mol. The van der Waals surface area contributed by atoms with Crippen molar-refractivity contribution in [3.05, 3.63) is 52.9 Å². The number of aryl methyl sites for hydroxylation is 2. The highest BCUT2D eigenvalue weighted by Gasteiger charge is 2.20. The Bertz CT molecular complexity index is 544. The molecule has 0 saturated carbocycles. The highest BCUT2D eigenvalue weighted by atomic mass is 16.5. The standard InChI is InChI=1S/C14H16N2O3/c1-9-12(10(2)19-16-9)8-15-13(14(17)18)11-6-4-3-5-7-11/h3-7,13,15H,8H2,1-2H3,(H,17,18). The molecule has 1 unspecified atom stereocenters. The quantitative estimate of drug-likeness (QED) is 0.862. The van der Waals surface area contributed by atoms with Crippen LogP contribution in [0.1, 0.15) is 28.6 Å². The van der Waals surface area contributed by atoms with Crippen LogP contribution < -0.4 is 5.32 Å². The molecule has 0 amide bonds. The van der Waals surface area contributed by atoms with Crippen molar-refractivity contribution in [3.63, 3.8) is 0 Å². The van der Waals surface area contributed by atoms with Crippen molar-refractivity contribution in [2.24, 2.45) is 0 Å². The van der Waals surface area contributed by atoms with Crippen LogP contribution in [0.2, 0.25) is 0 Å². The summed E-state index contributed by atoms with van der Waals surface area (Å²) in [6.45, 7) is 4.06. The van der Waals surface area contributed by atoms with Gasteiger partial charge >= 0.3 is 5.97 Å². The Kier molecular flexibility index (Phi) is 3.97. The van der Waals surface area contributed by atoms with Crippen molar-refractivity contribution in [1.82, 2.24) is 10.5 Å². The monoisotopic (exact) mass is 260 g/mol. The molecular weight excluding hydrogens is 244 g/mol. The molecule has 0 aliphatic carbocycles. The molecule has 0 bridgehead atoms. The molecule has 0 spiro atoms. The van der Waals surface area contributed by atoms with E-state index in [-0.39, 0.29) is 0 Å². The molecule has 2 aromatic rings. The maximum Gasteiger partial charge on any atom is 0.325 e. The van der Waals surface area contributed by atoms with Gasteiger partial charge in [-0.2, -0.15) is 0 Å². The molecular formula is C14H16N2O3. The van der Waals surface area contributed by atoms with Crippen LogP contribution in [0.3, 0.4) is 0 Å². The van der Waals surface area contributed by atoms with Crippen molar-refractivity contribution < 1.29 is 14.4 Å². The van der Waals surface area contributed by atoms with E-state index >= 15 is 0 Å². The molecule has 2 rings (SSSR count). The minimum absolute atomic E-state index is 0.410. The second-order valence-electron chi connectivity index (χ2n) is 4.37. The van der Waals surface area contributed by atoms with E-state index in [1.807, 2.05) is 32.0 Å². The second kappa shape index (κ2) is 5.67. The van der Waals surface area contributed by atoms with E-state index in [1.54, 1.807) is 12.1 Å². The number of hydrogen-bond donors (Lipinski definition) is 2. The van der Waals surface area contributed by atoms with Crippen LogP contribution in [-0.2, 0) is 11.3 Å². The Morgan fingerprint density at radius 2 is 2.05 bits per heavy atom. The topological polar surface area (TPSA) is 75.4 Å². The first kappa shape index (κ1) is 13.3. The van der Waals surface area contributed by atoms with E-state index in [0.29, 0.717) is 12.3 Å². The first-order valence-electron chi connectivity index (χ1n) is 6.02. The molecule has 2 N–H and O–H groups in total. The summed E-state index contributed by atoms with van der Waals surface area (Å²) in [5.41, 5.74) is 2.41. The minimum atomic E-state index is -0.905. The van der Waals surface area contributed by atoms with Gasteiger partial charge in [-0.25, -0.2) is 0 Å². The molecule has 100 valence electrons. The third-order valence-electron chi connectivity index (χ3n) is 3.04. The Morgan fingerprint density at radius 1 is 1.37 bits per heavy atom. The van der Waals surface area contributed by atoms with Gasteiger partial charge in [0.1, 0.15) is 11.8 Å². The van der Waals surface area contributed by atoms with E-state index in [1.165, 1.54) is 0 Å². The molecule has 5 nitrogen and oxygen atoms in total. The van der Waals surface area contributed by atoms with Gasteiger partial charge < -0.3 is 9.63 Å². The maximum atomic E-state index is 11.3. The number of rotatable bonds is 5. The lowest BCUT2D eigenvalue weighted by atomic mass is 10.1. The fourth-order valence-electron chi connectivity index (χ4n) is 1.95. The molecule has 1 atom stereocenters. The normalized spacial score (nSPS) is 12.3. The van der Waals surface area contributed by atoms with Crippen LogP contribution in [0.25, 0.3) is 0 Å². The summed E-state index contributed by atoms with van der Waals surface area (Å²) in [6.07, 6.45) is 0. The first-order chi connectivity index (χ1) is 9.09. The summed E-state index contributed by atoms with van der Waals surface area (Å²) in [4.78, 5) is 11.3. The van der Waals surface area contributed by atoms with Gasteiger partial charge in [0.15, 0.2) is 0 Å². The van der Waals surface area contributed by atoms with Crippen molar-refractivity contribution in [3.8, 4) is 0 Å². The van der Waals surface area contributed by atoms with Gasteiger partial charge in [0.25, 0.3) is 0 Å². The van der Waals surface area contributed by atoms with Crippen molar-refractivity contribution in [2.45, 2.75) is 26.4 Å². The molecule has 1 aromatic carbocycles. The highest BCUT2D eigenvalue weighted by molar-refractivity contribution is 5.75. The Morgan fingerprint density at radius 3 is 2.58 bits per heavy atom. The smallest absolute Gasteiger partial charge is 0.325 e. The number of hydrogen-bond acceptors (Lipinski definition) is 4. The molecule has 0 radical (unpaired) electrons. The number of nitrogens with one attached hydrogen (secondary N) is 1. The van der Waals surface area contributed by atoms with Gasteiger partial charge in [-0.05, 0) is 19.4 Å². The highest BCUT2D eigenvalue weighted by Crippen LogP contribution is 2.16. The summed E-state index contributed by atoms with van der Waals surface area (Å²) in [7, 11) is 0. The fraction of sp³-hybridized carbons (Fsp3) is 0.286. The van der Waals surface area contributed by atoms with Gasteiger partial charge in [-0.3, -0.25) is 10.1 Å². The molecule has 0 aliphatic rings. The van der Waals surface area contributed by atoms with Crippen LogP contribution in [0.15, 0.2) is 34.9 Å². The zero-order valence-corrected chi connectivity index (χ0v) is 10.9. The van der Waals surface area contributed by atoms with Gasteiger partial charge in [-0.1, -0.05) is 35.5 Å². The number of carboxylic acids is 1. The summed E-state index contributed by atoms with van der Waals surface area (Å²) in [6, 6.07) is 8.34. The lowest BCUT2D eigenvalue weighted by Crippen LogP contribution is -2.28. The van der Waals surface area contributed by atoms with Gasteiger partial charge in [0.2, 0.25) is 0 Å². The molecule has 5 heteroatoms. The number of nitrogens with zero attached hydrogens (tertiary/aromatic N) is 1. The summed E-state index contributed by atoms with van der Waals surface area (Å²) >= 11 is 0. The number of carbonyl (C=O) groups is 1. The Labute approximate surface area is 111 Å². The molecule has 0 aliphatic heterocycles. The third kappa shape index (κ3) is 3.00. The lowest BCUT2D eigenvalue weighted by Gasteiger charge is -2.14. The summed E-state index contributed by atoms with van der Waals surface area (Å²) < 4.78 is 5.06. The third-order valence-corrected chi connectivity index (χ3v) is 3.04. The van der Waals surface area contributed by atoms with Crippen LogP contribution in [0.4, 0.5) is 0 Å². The van der Waals surface area contributed by atoms with Crippen LogP contribution in [0.5, 0.6) is 0 Å². The molecule has 1 aromatic heterocycles. The van der Waals surface area contributed by atoms with Crippen LogP contribution in [-0.4, -0.2) is 16.2 Å². The number of carboxylic acid groups (broad SMARTS) is 1. The van der Waals surface area contributed by atoms with E-state index in [0.717, 1.165) is 16.8 Å². The SMILES string of the molecule is Cc1noc(C)c1CNC(C(=O)O)c1ccccc1. The lowest BCUT2D eigenvalue weighted by molar-refractivity contribution is -0.139. The van der Waals surface area contributed by atoms with Gasteiger partial charge in [-0.15, -0.1) is 0 Å². The number of benzene rings is 1. The average Bonchev–Trinajstić information content (AvgIpc) is 2.71. The number of aromatic nitrogens is 1. The van der Waals surface area contributed by atoms with E-state index in [9.17, 15) is 9.90 Å². The average molecular weight is 260 g/mol. The molecule has 0 saturated heterocycles. The van der Waals surface area contributed by atoms with E-state index < -0.39 is 12.0 Å². The Hall–Kier alpha value is -2.14. The van der Waals surface area contributed by atoms with Gasteiger partial charge in [0.05, 0.1) is 5.69 Å². The van der Waals surface area contributed by atoms with Crippen molar-refractivity contribution in [2.75, 3.05) is 0 Å².